The summed E-state index contributed by atoms with van der Waals surface area (Å²) >= 11 is 0. The molecule has 1 atom stereocenters. The number of rotatable bonds is 5. The van der Waals surface area contributed by atoms with Crippen LogP contribution in [0.1, 0.15) is 24.8 Å². The van der Waals surface area contributed by atoms with Crippen molar-refractivity contribution in [1.29, 1.82) is 0 Å². The highest BCUT2D eigenvalue weighted by molar-refractivity contribution is 5.14. The molecule has 1 aromatic carbocycles. The van der Waals surface area contributed by atoms with Crippen molar-refractivity contribution in [2.45, 2.75) is 31.7 Å². The molecule has 0 fully saturated rings. The summed E-state index contributed by atoms with van der Waals surface area (Å²) in [4.78, 5) is 0. The van der Waals surface area contributed by atoms with Crippen LogP contribution >= 0.6 is 0 Å². The molecule has 2 N–H and O–H groups in total. The first-order chi connectivity index (χ1) is 6.83. The van der Waals surface area contributed by atoms with Crippen molar-refractivity contribution in [2.75, 3.05) is 0 Å². The van der Waals surface area contributed by atoms with Crippen LogP contribution < -0.4 is 5.73 Å². The molecule has 0 aliphatic rings. The predicted molar refractivity (Wildman–Crippen MR) is 60.8 cm³/mol. The molecule has 1 aromatic rings. The van der Waals surface area contributed by atoms with E-state index in [1.54, 1.807) is 0 Å². The predicted octanol–water partition coefficient (Wildman–Crippen LogP) is 2.36. The summed E-state index contributed by atoms with van der Waals surface area (Å²) in [7, 11) is 0. The molecular weight excluding hydrogens is 170 g/mol. The van der Waals surface area contributed by atoms with Crippen LogP contribution in [0.5, 0.6) is 0 Å². The SMILES string of the molecule is C#CCCC(N)CCc1ccccc1. The van der Waals surface area contributed by atoms with Crippen LogP contribution in [0.3, 0.4) is 0 Å². The first-order valence-electron chi connectivity index (χ1n) is 5.06. The van der Waals surface area contributed by atoms with Gasteiger partial charge in [0.15, 0.2) is 0 Å². The number of benzene rings is 1. The van der Waals surface area contributed by atoms with Crippen molar-refractivity contribution in [3.63, 3.8) is 0 Å². The molecule has 1 heteroatoms. The number of hydrogen-bond donors (Lipinski definition) is 1. The van der Waals surface area contributed by atoms with Crippen LogP contribution in [0.2, 0.25) is 0 Å². The lowest BCUT2D eigenvalue weighted by Gasteiger charge is -2.09. The smallest absolute Gasteiger partial charge is 0.0101 e. The Kier molecular flexibility index (Phi) is 4.82. The molecule has 1 unspecified atom stereocenters. The van der Waals surface area contributed by atoms with Gasteiger partial charge in [-0.05, 0) is 24.8 Å². The molecular formula is C13H17N. The summed E-state index contributed by atoms with van der Waals surface area (Å²) in [6, 6.07) is 10.7. The zero-order valence-electron chi connectivity index (χ0n) is 8.45. The van der Waals surface area contributed by atoms with Gasteiger partial charge in [-0.1, -0.05) is 30.3 Å². The van der Waals surface area contributed by atoms with E-state index in [9.17, 15) is 0 Å². The molecule has 74 valence electrons. The van der Waals surface area contributed by atoms with Crippen LogP contribution in [0.15, 0.2) is 30.3 Å². The fourth-order valence-corrected chi connectivity index (χ4v) is 1.41. The Hall–Kier alpha value is -1.26. The Labute approximate surface area is 86.3 Å². The maximum absolute atomic E-state index is 5.91. The fraction of sp³-hybridized carbons (Fsp3) is 0.385. The topological polar surface area (TPSA) is 26.0 Å². The maximum atomic E-state index is 5.91. The van der Waals surface area contributed by atoms with Crippen molar-refractivity contribution in [2.24, 2.45) is 5.73 Å². The third-order valence-electron chi connectivity index (χ3n) is 2.31. The van der Waals surface area contributed by atoms with Gasteiger partial charge >= 0.3 is 0 Å². The fourth-order valence-electron chi connectivity index (χ4n) is 1.41. The Balaban J connectivity index is 2.24. The lowest BCUT2D eigenvalue weighted by Crippen LogP contribution is -2.20. The van der Waals surface area contributed by atoms with Crippen LogP contribution in [-0.2, 0) is 6.42 Å². The van der Waals surface area contributed by atoms with Crippen molar-refractivity contribution in [3.05, 3.63) is 35.9 Å². The Bertz CT molecular complexity index is 284. The Morgan fingerprint density at radius 2 is 1.93 bits per heavy atom. The van der Waals surface area contributed by atoms with Gasteiger partial charge in [-0.15, -0.1) is 12.3 Å². The lowest BCUT2D eigenvalue weighted by molar-refractivity contribution is 0.578. The molecule has 0 radical (unpaired) electrons. The van der Waals surface area contributed by atoms with E-state index < -0.39 is 0 Å². The quantitative estimate of drug-likeness (QED) is 0.704. The zero-order valence-corrected chi connectivity index (χ0v) is 8.45. The van der Waals surface area contributed by atoms with Crippen molar-refractivity contribution in [3.8, 4) is 12.3 Å². The van der Waals surface area contributed by atoms with Gasteiger partial charge in [0.2, 0.25) is 0 Å². The van der Waals surface area contributed by atoms with Crippen molar-refractivity contribution in [1.82, 2.24) is 0 Å². The summed E-state index contributed by atoms with van der Waals surface area (Å²) in [5, 5.41) is 0. The molecule has 0 amide bonds. The van der Waals surface area contributed by atoms with E-state index in [1.807, 2.05) is 6.07 Å². The summed E-state index contributed by atoms with van der Waals surface area (Å²) in [5.74, 6) is 2.62. The van der Waals surface area contributed by atoms with Gasteiger partial charge in [0, 0.05) is 12.5 Å². The first-order valence-corrected chi connectivity index (χ1v) is 5.06. The number of hydrogen-bond acceptors (Lipinski definition) is 1. The van der Waals surface area contributed by atoms with E-state index >= 15 is 0 Å². The molecule has 0 saturated carbocycles. The summed E-state index contributed by atoms with van der Waals surface area (Å²) in [6.45, 7) is 0. The first kappa shape index (κ1) is 10.8. The molecule has 0 aromatic heterocycles. The van der Waals surface area contributed by atoms with Crippen molar-refractivity contribution < 1.29 is 0 Å². The molecule has 0 aliphatic heterocycles. The highest BCUT2D eigenvalue weighted by Crippen LogP contribution is 2.06. The minimum atomic E-state index is 0.242. The highest BCUT2D eigenvalue weighted by atomic mass is 14.6. The normalized spacial score (nSPS) is 12.0. The molecule has 14 heavy (non-hydrogen) atoms. The maximum Gasteiger partial charge on any atom is 0.0101 e. The standard InChI is InChI=1S/C13H17N/c1-2-3-9-13(14)11-10-12-7-5-4-6-8-12/h1,4-8,13H,3,9-11,14H2. The molecule has 0 heterocycles. The second kappa shape index (κ2) is 6.23. The number of aryl methyl sites for hydroxylation is 1. The molecule has 1 nitrogen and oxygen atoms in total. The number of nitrogens with two attached hydrogens (primary N) is 1. The van der Waals surface area contributed by atoms with Gasteiger partial charge < -0.3 is 5.73 Å². The van der Waals surface area contributed by atoms with Gasteiger partial charge in [-0.25, -0.2) is 0 Å². The van der Waals surface area contributed by atoms with Gasteiger partial charge in [0.25, 0.3) is 0 Å². The van der Waals surface area contributed by atoms with Crippen LogP contribution in [-0.4, -0.2) is 6.04 Å². The highest BCUT2D eigenvalue weighted by Gasteiger charge is 2.01. The second-order valence-corrected chi connectivity index (χ2v) is 3.53. The minimum absolute atomic E-state index is 0.242. The summed E-state index contributed by atoms with van der Waals surface area (Å²) in [6.07, 6.45) is 8.97. The Morgan fingerprint density at radius 3 is 2.57 bits per heavy atom. The zero-order chi connectivity index (χ0) is 10.2. The number of terminal acetylenes is 1. The van der Waals surface area contributed by atoms with E-state index in [-0.39, 0.29) is 6.04 Å². The van der Waals surface area contributed by atoms with E-state index in [1.165, 1.54) is 5.56 Å². The molecule has 0 spiro atoms. The van der Waals surface area contributed by atoms with Gasteiger partial charge in [0.05, 0.1) is 0 Å². The minimum Gasteiger partial charge on any atom is -0.328 e. The van der Waals surface area contributed by atoms with E-state index in [2.05, 4.69) is 30.2 Å². The monoisotopic (exact) mass is 187 g/mol. The molecule has 0 saturated heterocycles. The molecule has 0 bridgehead atoms. The third-order valence-corrected chi connectivity index (χ3v) is 2.31. The van der Waals surface area contributed by atoms with E-state index in [0.29, 0.717) is 0 Å². The van der Waals surface area contributed by atoms with Gasteiger partial charge in [-0.3, -0.25) is 0 Å². The van der Waals surface area contributed by atoms with Crippen LogP contribution in [0.25, 0.3) is 0 Å². The van der Waals surface area contributed by atoms with E-state index in [4.69, 9.17) is 12.2 Å². The summed E-state index contributed by atoms with van der Waals surface area (Å²) < 4.78 is 0. The van der Waals surface area contributed by atoms with Crippen LogP contribution in [0, 0.1) is 12.3 Å². The van der Waals surface area contributed by atoms with Gasteiger partial charge in [-0.2, -0.15) is 0 Å². The third kappa shape index (κ3) is 4.11. The second-order valence-electron chi connectivity index (χ2n) is 3.53. The van der Waals surface area contributed by atoms with Gasteiger partial charge in [0.1, 0.15) is 0 Å². The average molecular weight is 187 g/mol. The van der Waals surface area contributed by atoms with Crippen molar-refractivity contribution >= 4 is 0 Å². The largest absolute Gasteiger partial charge is 0.328 e. The Morgan fingerprint density at radius 1 is 1.21 bits per heavy atom. The average Bonchev–Trinajstić information content (AvgIpc) is 2.25. The summed E-state index contributed by atoms with van der Waals surface area (Å²) in [5.41, 5.74) is 7.26. The van der Waals surface area contributed by atoms with E-state index in [0.717, 1.165) is 25.7 Å². The van der Waals surface area contributed by atoms with Crippen LogP contribution in [0.4, 0.5) is 0 Å². The lowest BCUT2D eigenvalue weighted by atomic mass is 10.0. The molecule has 0 aliphatic carbocycles. The molecule has 1 rings (SSSR count).